The fraction of sp³-hybridized carbons (Fsp3) is 0.684. The Hall–Kier alpha value is -0.820. The zero-order valence-corrected chi connectivity index (χ0v) is 13.1. The normalized spacial score (nSPS) is 27.6. The van der Waals surface area contributed by atoms with Crippen molar-refractivity contribution in [1.29, 1.82) is 0 Å². The second-order valence-corrected chi connectivity index (χ2v) is 7.22. The fourth-order valence-electron chi connectivity index (χ4n) is 4.09. The smallest absolute Gasteiger partial charge is 0.0233 e. The molecule has 3 rings (SSSR count). The van der Waals surface area contributed by atoms with Gasteiger partial charge in [-0.05, 0) is 48.3 Å². The summed E-state index contributed by atoms with van der Waals surface area (Å²) in [5.41, 5.74) is 2.95. The SMILES string of the molecule is CC(C)c1ccc(CN2CCC3CCCCC3C2)cc1. The highest BCUT2D eigenvalue weighted by Crippen LogP contribution is 2.36. The van der Waals surface area contributed by atoms with Gasteiger partial charge in [0.1, 0.15) is 0 Å². The third-order valence-electron chi connectivity index (χ3n) is 5.43. The van der Waals surface area contributed by atoms with E-state index in [0.29, 0.717) is 5.92 Å². The molecule has 1 heteroatoms. The predicted molar refractivity (Wildman–Crippen MR) is 85.9 cm³/mol. The summed E-state index contributed by atoms with van der Waals surface area (Å²) in [5, 5.41) is 0. The molecule has 1 saturated carbocycles. The number of hydrogen-bond acceptors (Lipinski definition) is 1. The Morgan fingerprint density at radius 1 is 1.00 bits per heavy atom. The molecular weight excluding hydrogens is 242 g/mol. The summed E-state index contributed by atoms with van der Waals surface area (Å²) in [5.74, 6) is 2.68. The van der Waals surface area contributed by atoms with Crippen LogP contribution in [0, 0.1) is 11.8 Å². The van der Waals surface area contributed by atoms with Gasteiger partial charge in [0, 0.05) is 13.1 Å². The van der Waals surface area contributed by atoms with Gasteiger partial charge >= 0.3 is 0 Å². The number of hydrogen-bond donors (Lipinski definition) is 0. The Bertz CT molecular complexity index is 420. The van der Waals surface area contributed by atoms with Crippen molar-refractivity contribution in [2.24, 2.45) is 11.8 Å². The van der Waals surface area contributed by atoms with Crippen LogP contribution in [0.2, 0.25) is 0 Å². The molecule has 1 aliphatic heterocycles. The van der Waals surface area contributed by atoms with Crippen LogP contribution in [0.15, 0.2) is 24.3 Å². The average Bonchev–Trinajstić information content (AvgIpc) is 2.48. The molecule has 1 nitrogen and oxygen atoms in total. The maximum Gasteiger partial charge on any atom is 0.0233 e. The van der Waals surface area contributed by atoms with Crippen LogP contribution < -0.4 is 0 Å². The van der Waals surface area contributed by atoms with E-state index in [1.54, 1.807) is 0 Å². The fourth-order valence-corrected chi connectivity index (χ4v) is 4.09. The van der Waals surface area contributed by atoms with Gasteiger partial charge in [0.15, 0.2) is 0 Å². The van der Waals surface area contributed by atoms with Gasteiger partial charge in [-0.25, -0.2) is 0 Å². The van der Waals surface area contributed by atoms with Crippen LogP contribution in [0.25, 0.3) is 0 Å². The van der Waals surface area contributed by atoms with E-state index in [1.807, 2.05) is 0 Å². The summed E-state index contributed by atoms with van der Waals surface area (Å²) in [6.07, 6.45) is 7.37. The van der Waals surface area contributed by atoms with Gasteiger partial charge in [-0.3, -0.25) is 4.90 Å². The number of piperidine rings is 1. The number of fused-ring (bicyclic) bond motifs is 1. The highest BCUT2D eigenvalue weighted by atomic mass is 15.1. The first-order chi connectivity index (χ1) is 9.72. The van der Waals surface area contributed by atoms with Crippen molar-refractivity contribution in [3.63, 3.8) is 0 Å². The van der Waals surface area contributed by atoms with Crippen LogP contribution in [-0.2, 0) is 6.54 Å². The number of rotatable bonds is 3. The van der Waals surface area contributed by atoms with E-state index in [-0.39, 0.29) is 0 Å². The van der Waals surface area contributed by atoms with Crippen LogP contribution in [0.4, 0.5) is 0 Å². The molecule has 110 valence electrons. The van der Waals surface area contributed by atoms with Crippen LogP contribution in [0.5, 0.6) is 0 Å². The van der Waals surface area contributed by atoms with Gasteiger partial charge in [0.25, 0.3) is 0 Å². The quantitative estimate of drug-likeness (QED) is 0.761. The molecule has 2 atom stereocenters. The Kier molecular flexibility index (Phi) is 4.45. The largest absolute Gasteiger partial charge is 0.299 e. The minimum absolute atomic E-state index is 0.641. The molecule has 2 fully saturated rings. The summed E-state index contributed by atoms with van der Waals surface area (Å²) < 4.78 is 0. The molecule has 1 aromatic rings. The van der Waals surface area contributed by atoms with E-state index in [9.17, 15) is 0 Å². The van der Waals surface area contributed by atoms with Crippen molar-refractivity contribution >= 4 is 0 Å². The van der Waals surface area contributed by atoms with E-state index in [4.69, 9.17) is 0 Å². The second-order valence-electron chi connectivity index (χ2n) is 7.22. The zero-order valence-electron chi connectivity index (χ0n) is 13.1. The van der Waals surface area contributed by atoms with Crippen molar-refractivity contribution in [3.8, 4) is 0 Å². The van der Waals surface area contributed by atoms with Gasteiger partial charge in [0.05, 0.1) is 0 Å². The standard InChI is InChI=1S/C19H29N/c1-15(2)17-9-7-16(8-10-17)13-20-12-11-18-5-3-4-6-19(18)14-20/h7-10,15,18-19H,3-6,11-14H2,1-2H3. The van der Waals surface area contributed by atoms with Crippen molar-refractivity contribution in [2.45, 2.75) is 58.4 Å². The first kappa shape index (κ1) is 14.1. The molecule has 1 aliphatic carbocycles. The zero-order chi connectivity index (χ0) is 13.9. The maximum atomic E-state index is 2.69. The molecule has 0 aromatic heterocycles. The Morgan fingerprint density at radius 3 is 2.40 bits per heavy atom. The Labute approximate surface area is 124 Å². The van der Waals surface area contributed by atoms with E-state index >= 15 is 0 Å². The monoisotopic (exact) mass is 271 g/mol. The molecular formula is C19H29N. The van der Waals surface area contributed by atoms with Crippen molar-refractivity contribution in [2.75, 3.05) is 13.1 Å². The number of likely N-dealkylation sites (tertiary alicyclic amines) is 1. The summed E-state index contributed by atoms with van der Waals surface area (Å²) in [6, 6.07) is 9.30. The van der Waals surface area contributed by atoms with Crippen LogP contribution >= 0.6 is 0 Å². The predicted octanol–water partition coefficient (Wildman–Crippen LogP) is 4.82. The van der Waals surface area contributed by atoms with E-state index in [0.717, 1.165) is 18.4 Å². The lowest BCUT2D eigenvalue weighted by molar-refractivity contribution is 0.0820. The summed E-state index contributed by atoms with van der Waals surface area (Å²) in [7, 11) is 0. The van der Waals surface area contributed by atoms with Crippen LogP contribution in [0.1, 0.15) is 63.0 Å². The molecule has 0 radical (unpaired) electrons. The molecule has 20 heavy (non-hydrogen) atoms. The third kappa shape index (κ3) is 3.25. The molecule has 0 spiro atoms. The lowest BCUT2D eigenvalue weighted by Crippen LogP contribution is -2.41. The third-order valence-corrected chi connectivity index (χ3v) is 5.43. The van der Waals surface area contributed by atoms with Crippen LogP contribution in [-0.4, -0.2) is 18.0 Å². The molecule has 0 bridgehead atoms. The Morgan fingerprint density at radius 2 is 1.70 bits per heavy atom. The molecule has 0 amide bonds. The van der Waals surface area contributed by atoms with Crippen molar-refractivity contribution in [3.05, 3.63) is 35.4 Å². The minimum atomic E-state index is 0.641. The second kappa shape index (κ2) is 6.30. The highest BCUT2D eigenvalue weighted by molar-refractivity contribution is 5.24. The van der Waals surface area contributed by atoms with Crippen molar-refractivity contribution < 1.29 is 0 Å². The average molecular weight is 271 g/mol. The molecule has 1 saturated heterocycles. The first-order valence-electron chi connectivity index (χ1n) is 8.53. The molecule has 1 aromatic carbocycles. The highest BCUT2D eigenvalue weighted by Gasteiger charge is 2.30. The number of nitrogens with zero attached hydrogens (tertiary/aromatic N) is 1. The molecule has 0 N–H and O–H groups in total. The summed E-state index contributed by atoms with van der Waals surface area (Å²) >= 11 is 0. The van der Waals surface area contributed by atoms with Gasteiger partial charge in [-0.1, -0.05) is 57.4 Å². The van der Waals surface area contributed by atoms with E-state index in [2.05, 4.69) is 43.0 Å². The van der Waals surface area contributed by atoms with E-state index in [1.165, 1.54) is 56.3 Å². The molecule has 2 unspecified atom stereocenters. The molecule has 1 heterocycles. The van der Waals surface area contributed by atoms with Crippen molar-refractivity contribution in [1.82, 2.24) is 4.90 Å². The first-order valence-corrected chi connectivity index (χ1v) is 8.53. The summed E-state index contributed by atoms with van der Waals surface area (Å²) in [6.45, 7) is 8.34. The summed E-state index contributed by atoms with van der Waals surface area (Å²) in [4.78, 5) is 2.69. The Balaban J connectivity index is 1.57. The maximum absolute atomic E-state index is 2.69. The lowest BCUT2D eigenvalue weighted by Gasteiger charge is -2.41. The van der Waals surface area contributed by atoms with Gasteiger partial charge < -0.3 is 0 Å². The molecule has 2 aliphatic rings. The number of benzene rings is 1. The topological polar surface area (TPSA) is 3.24 Å². The minimum Gasteiger partial charge on any atom is -0.299 e. The van der Waals surface area contributed by atoms with Gasteiger partial charge in [-0.2, -0.15) is 0 Å². The lowest BCUT2D eigenvalue weighted by atomic mass is 9.75. The van der Waals surface area contributed by atoms with Gasteiger partial charge in [0.2, 0.25) is 0 Å². The van der Waals surface area contributed by atoms with Crippen LogP contribution in [0.3, 0.4) is 0 Å². The van der Waals surface area contributed by atoms with Gasteiger partial charge in [-0.15, -0.1) is 0 Å². The van der Waals surface area contributed by atoms with E-state index < -0.39 is 0 Å².